The van der Waals surface area contributed by atoms with Gasteiger partial charge in [-0.1, -0.05) is 0 Å². The SMILES string of the molecule is CCOC(=O)c1cn[nH]c1C(F)(F)Br. The van der Waals surface area contributed by atoms with Crippen LogP contribution in [0, 0.1) is 0 Å². The molecule has 0 spiro atoms. The van der Waals surface area contributed by atoms with Gasteiger partial charge in [-0.25, -0.2) is 4.79 Å². The second-order valence-corrected chi connectivity index (χ2v) is 3.37. The second-order valence-electron chi connectivity index (χ2n) is 2.38. The summed E-state index contributed by atoms with van der Waals surface area (Å²) in [5.74, 6) is -0.824. The van der Waals surface area contributed by atoms with Gasteiger partial charge < -0.3 is 4.74 Å². The number of hydrogen-bond acceptors (Lipinski definition) is 3. The van der Waals surface area contributed by atoms with Crippen molar-refractivity contribution in [1.82, 2.24) is 10.2 Å². The highest BCUT2D eigenvalue weighted by Gasteiger charge is 2.34. The standard InChI is InChI=1S/C7H7BrF2N2O2/c1-2-14-6(13)4-3-11-12-5(4)7(8,9)10/h3H,2H2,1H3,(H,11,12). The molecule has 0 saturated carbocycles. The van der Waals surface area contributed by atoms with Crippen LogP contribution in [-0.2, 0) is 9.57 Å². The zero-order valence-electron chi connectivity index (χ0n) is 7.18. The minimum Gasteiger partial charge on any atom is -0.462 e. The number of esters is 1. The van der Waals surface area contributed by atoms with E-state index in [9.17, 15) is 13.6 Å². The number of nitrogens with one attached hydrogen (secondary N) is 1. The summed E-state index contributed by atoms with van der Waals surface area (Å²) < 4.78 is 30.1. The first kappa shape index (κ1) is 11.1. The summed E-state index contributed by atoms with van der Waals surface area (Å²) in [4.78, 5) is 7.82. The molecule has 0 atom stereocenters. The van der Waals surface area contributed by atoms with Crippen molar-refractivity contribution >= 4 is 21.9 Å². The molecule has 0 radical (unpaired) electrons. The third-order valence-corrected chi connectivity index (χ3v) is 1.81. The van der Waals surface area contributed by atoms with Crippen molar-refractivity contribution in [2.45, 2.75) is 11.8 Å². The van der Waals surface area contributed by atoms with Crippen molar-refractivity contribution in [3.63, 3.8) is 0 Å². The highest BCUT2D eigenvalue weighted by atomic mass is 79.9. The molecule has 0 aliphatic carbocycles. The molecule has 0 aliphatic heterocycles. The van der Waals surface area contributed by atoms with Crippen LogP contribution in [0.3, 0.4) is 0 Å². The number of aromatic amines is 1. The molecule has 0 bridgehead atoms. The summed E-state index contributed by atoms with van der Waals surface area (Å²) in [5.41, 5.74) is -0.871. The summed E-state index contributed by atoms with van der Waals surface area (Å²) >= 11 is 2.12. The number of alkyl halides is 3. The van der Waals surface area contributed by atoms with Gasteiger partial charge in [0.05, 0.1) is 12.8 Å². The predicted octanol–water partition coefficient (Wildman–Crippen LogP) is 2.03. The van der Waals surface area contributed by atoms with Crippen molar-refractivity contribution in [3.05, 3.63) is 17.5 Å². The van der Waals surface area contributed by atoms with E-state index in [4.69, 9.17) is 0 Å². The number of rotatable bonds is 3. The molecule has 14 heavy (non-hydrogen) atoms. The average Bonchev–Trinajstić information content (AvgIpc) is 2.50. The molecule has 1 heterocycles. The van der Waals surface area contributed by atoms with Crippen molar-refractivity contribution in [3.8, 4) is 0 Å². The van der Waals surface area contributed by atoms with E-state index >= 15 is 0 Å². The molecule has 0 aromatic carbocycles. The van der Waals surface area contributed by atoms with Crippen LogP contribution in [0.5, 0.6) is 0 Å². The Morgan fingerprint density at radius 1 is 1.79 bits per heavy atom. The van der Waals surface area contributed by atoms with E-state index in [1.54, 1.807) is 6.92 Å². The largest absolute Gasteiger partial charge is 0.462 e. The maximum absolute atomic E-state index is 12.8. The van der Waals surface area contributed by atoms with Gasteiger partial charge in [-0.05, 0) is 22.9 Å². The van der Waals surface area contributed by atoms with Crippen molar-refractivity contribution in [2.24, 2.45) is 0 Å². The van der Waals surface area contributed by atoms with Crippen LogP contribution in [0.15, 0.2) is 6.20 Å². The molecule has 0 aliphatic rings. The summed E-state index contributed by atoms with van der Waals surface area (Å²) in [6, 6.07) is 0. The number of carbonyl (C=O) groups excluding carboxylic acids is 1. The number of carbonyl (C=O) groups is 1. The Hall–Kier alpha value is -0.980. The Labute approximate surface area is 86.8 Å². The molecular weight excluding hydrogens is 262 g/mol. The Kier molecular flexibility index (Phi) is 3.20. The van der Waals surface area contributed by atoms with Crippen LogP contribution in [0.1, 0.15) is 23.0 Å². The Bertz CT molecular complexity index is 335. The minimum atomic E-state index is -3.31. The van der Waals surface area contributed by atoms with Gasteiger partial charge in [-0.15, -0.1) is 0 Å². The van der Waals surface area contributed by atoms with E-state index in [0.717, 1.165) is 6.20 Å². The van der Waals surface area contributed by atoms with Gasteiger partial charge >= 0.3 is 10.8 Å². The molecule has 0 amide bonds. The minimum absolute atomic E-state index is 0.122. The molecule has 1 N–H and O–H groups in total. The average molecular weight is 269 g/mol. The van der Waals surface area contributed by atoms with Crippen LogP contribution in [0.25, 0.3) is 0 Å². The first-order valence-electron chi connectivity index (χ1n) is 3.74. The lowest BCUT2D eigenvalue weighted by Gasteiger charge is -2.07. The molecule has 0 fully saturated rings. The molecular formula is C7H7BrF2N2O2. The van der Waals surface area contributed by atoms with E-state index in [-0.39, 0.29) is 12.2 Å². The number of hydrogen-bond donors (Lipinski definition) is 1. The van der Waals surface area contributed by atoms with Gasteiger partial charge in [0, 0.05) is 0 Å². The first-order chi connectivity index (χ1) is 6.46. The van der Waals surface area contributed by atoms with Gasteiger partial charge in [-0.2, -0.15) is 13.9 Å². The zero-order valence-corrected chi connectivity index (χ0v) is 8.77. The highest BCUT2D eigenvalue weighted by molar-refractivity contribution is 9.09. The highest BCUT2D eigenvalue weighted by Crippen LogP contribution is 2.35. The summed E-state index contributed by atoms with van der Waals surface area (Å²) in [6.45, 7) is 1.71. The van der Waals surface area contributed by atoms with Gasteiger partial charge in [-0.3, -0.25) is 5.10 Å². The first-order valence-corrected chi connectivity index (χ1v) is 4.53. The fourth-order valence-electron chi connectivity index (χ4n) is 0.866. The lowest BCUT2D eigenvalue weighted by molar-refractivity contribution is 0.0507. The summed E-state index contributed by atoms with van der Waals surface area (Å²) in [5, 5.41) is 5.39. The number of ether oxygens (including phenoxy) is 1. The monoisotopic (exact) mass is 268 g/mol. The maximum atomic E-state index is 12.8. The molecule has 4 nitrogen and oxygen atoms in total. The third-order valence-electron chi connectivity index (χ3n) is 1.42. The normalized spacial score (nSPS) is 11.4. The molecule has 0 saturated heterocycles. The summed E-state index contributed by atoms with van der Waals surface area (Å²) in [6.07, 6.45) is 1.00. The Balaban J connectivity index is 2.99. The Morgan fingerprint density at radius 3 is 2.93 bits per heavy atom. The van der Waals surface area contributed by atoms with Gasteiger partial charge in [0.2, 0.25) is 0 Å². The lowest BCUT2D eigenvalue weighted by Crippen LogP contribution is -2.12. The van der Waals surface area contributed by atoms with Gasteiger partial charge in [0.1, 0.15) is 11.3 Å². The second kappa shape index (κ2) is 4.04. The fraction of sp³-hybridized carbons (Fsp3) is 0.429. The van der Waals surface area contributed by atoms with Gasteiger partial charge in [0.25, 0.3) is 0 Å². The van der Waals surface area contributed by atoms with Crippen LogP contribution in [0.4, 0.5) is 8.78 Å². The molecule has 1 aromatic rings. The maximum Gasteiger partial charge on any atom is 0.343 e. The van der Waals surface area contributed by atoms with Crippen molar-refractivity contribution in [2.75, 3.05) is 6.61 Å². The number of aromatic nitrogens is 2. The topological polar surface area (TPSA) is 55.0 Å². The van der Waals surface area contributed by atoms with E-state index in [1.807, 2.05) is 5.10 Å². The van der Waals surface area contributed by atoms with E-state index < -0.39 is 16.5 Å². The van der Waals surface area contributed by atoms with E-state index in [1.165, 1.54) is 0 Å². The van der Waals surface area contributed by atoms with Crippen LogP contribution in [0.2, 0.25) is 0 Å². The number of H-pyrrole nitrogens is 1. The number of nitrogens with zero attached hydrogens (tertiary/aromatic N) is 1. The molecule has 78 valence electrons. The summed E-state index contributed by atoms with van der Waals surface area (Å²) in [7, 11) is 0. The third kappa shape index (κ3) is 2.28. The van der Waals surface area contributed by atoms with Crippen molar-refractivity contribution in [1.29, 1.82) is 0 Å². The fourth-order valence-corrected chi connectivity index (χ4v) is 1.17. The molecule has 0 unspecified atom stereocenters. The number of halogens is 3. The predicted molar refractivity (Wildman–Crippen MR) is 47.4 cm³/mol. The lowest BCUT2D eigenvalue weighted by atomic mass is 10.2. The zero-order chi connectivity index (χ0) is 10.8. The quantitative estimate of drug-likeness (QED) is 0.674. The Morgan fingerprint density at radius 2 is 2.43 bits per heavy atom. The van der Waals surface area contributed by atoms with Gasteiger partial charge in [0.15, 0.2) is 0 Å². The van der Waals surface area contributed by atoms with Crippen LogP contribution < -0.4 is 0 Å². The molecule has 7 heteroatoms. The van der Waals surface area contributed by atoms with E-state index in [2.05, 4.69) is 25.8 Å². The van der Waals surface area contributed by atoms with E-state index in [0.29, 0.717) is 0 Å². The van der Waals surface area contributed by atoms with Crippen LogP contribution in [-0.4, -0.2) is 22.8 Å². The molecule has 1 rings (SSSR count). The van der Waals surface area contributed by atoms with Crippen LogP contribution >= 0.6 is 15.9 Å². The smallest absolute Gasteiger partial charge is 0.343 e. The molecule has 1 aromatic heterocycles. The van der Waals surface area contributed by atoms with Crippen molar-refractivity contribution < 1.29 is 18.3 Å².